The highest BCUT2D eigenvalue weighted by Crippen LogP contribution is 2.18. The Balaban J connectivity index is 1.97. The number of amides is 1. The third kappa shape index (κ3) is 2.70. The molecule has 1 aromatic carbocycles. The summed E-state index contributed by atoms with van der Waals surface area (Å²) in [7, 11) is 0. The second-order valence-electron chi connectivity index (χ2n) is 4.25. The molecule has 0 saturated carbocycles. The maximum Gasteiger partial charge on any atom is 0.307 e. The fourth-order valence-corrected chi connectivity index (χ4v) is 2.15. The van der Waals surface area contributed by atoms with Gasteiger partial charge in [0.25, 0.3) is 5.91 Å². The number of hydrogen-bond acceptors (Lipinski definition) is 3. The first-order chi connectivity index (χ1) is 8.72. The molecule has 0 spiro atoms. The number of nitrogens with zero attached hydrogens (tertiary/aromatic N) is 1. The first kappa shape index (κ1) is 12.6. The fourth-order valence-electron chi connectivity index (χ4n) is 2.15. The third-order valence-electron chi connectivity index (χ3n) is 3.08. The van der Waals surface area contributed by atoms with Crippen LogP contribution in [0.5, 0.6) is 0 Å². The van der Waals surface area contributed by atoms with Crippen LogP contribution in [0.25, 0.3) is 0 Å². The van der Waals surface area contributed by atoms with Gasteiger partial charge in [0, 0.05) is 18.7 Å². The summed E-state index contributed by atoms with van der Waals surface area (Å²) >= 11 is 0. The van der Waals surface area contributed by atoms with Crippen LogP contribution in [0.2, 0.25) is 0 Å². The summed E-state index contributed by atoms with van der Waals surface area (Å²) in [5.41, 5.74) is 1.85. The van der Waals surface area contributed by atoms with E-state index in [0.717, 1.165) is 17.5 Å². The van der Waals surface area contributed by atoms with E-state index in [0.29, 0.717) is 19.7 Å². The highest BCUT2D eigenvalue weighted by Gasteiger charge is 2.23. The van der Waals surface area contributed by atoms with E-state index in [1.54, 1.807) is 11.8 Å². The Morgan fingerprint density at radius 1 is 1.39 bits per heavy atom. The summed E-state index contributed by atoms with van der Waals surface area (Å²) in [6, 6.07) is 7.63. The number of carbonyl (C=O) groups excluding carboxylic acids is 2. The van der Waals surface area contributed by atoms with Gasteiger partial charge in [0.15, 0.2) is 0 Å². The molecule has 0 saturated heterocycles. The van der Waals surface area contributed by atoms with Crippen molar-refractivity contribution < 1.29 is 14.3 Å². The molecule has 1 aliphatic rings. The van der Waals surface area contributed by atoms with Crippen LogP contribution < -0.4 is 0 Å². The van der Waals surface area contributed by atoms with Crippen LogP contribution in [-0.4, -0.2) is 36.5 Å². The van der Waals surface area contributed by atoms with Gasteiger partial charge in [0.05, 0.1) is 13.0 Å². The number of esters is 1. The van der Waals surface area contributed by atoms with Crippen molar-refractivity contribution in [3.8, 4) is 0 Å². The quantitative estimate of drug-likeness (QED) is 0.760. The maximum atomic E-state index is 12.2. The van der Waals surface area contributed by atoms with Crippen molar-refractivity contribution in [2.45, 2.75) is 19.8 Å². The van der Waals surface area contributed by atoms with E-state index in [4.69, 9.17) is 4.74 Å². The van der Waals surface area contributed by atoms with Crippen LogP contribution >= 0.6 is 0 Å². The van der Waals surface area contributed by atoms with Crippen molar-refractivity contribution in [1.29, 1.82) is 0 Å². The zero-order valence-electron chi connectivity index (χ0n) is 10.5. The number of rotatable bonds is 4. The van der Waals surface area contributed by atoms with Gasteiger partial charge in [-0.1, -0.05) is 18.2 Å². The molecule has 0 atom stereocenters. The molecule has 0 fully saturated rings. The summed E-state index contributed by atoms with van der Waals surface area (Å²) in [5.74, 6) is -0.231. The van der Waals surface area contributed by atoms with Gasteiger partial charge in [-0.25, -0.2) is 0 Å². The first-order valence-electron chi connectivity index (χ1n) is 6.25. The van der Waals surface area contributed by atoms with Gasteiger partial charge >= 0.3 is 5.97 Å². The predicted octanol–water partition coefficient (Wildman–Crippen LogP) is 1.64. The van der Waals surface area contributed by atoms with Gasteiger partial charge in [0.1, 0.15) is 0 Å². The van der Waals surface area contributed by atoms with Gasteiger partial charge in [-0.15, -0.1) is 0 Å². The van der Waals surface area contributed by atoms with Crippen LogP contribution in [-0.2, 0) is 16.0 Å². The molecule has 1 heterocycles. The monoisotopic (exact) mass is 247 g/mol. The molecule has 0 aliphatic carbocycles. The Kier molecular flexibility index (Phi) is 3.97. The van der Waals surface area contributed by atoms with Crippen molar-refractivity contribution in [2.24, 2.45) is 0 Å². The van der Waals surface area contributed by atoms with Crippen LogP contribution in [0.1, 0.15) is 29.3 Å². The van der Waals surface area contributed by atoms with Gasteiger partial charge in [-0.2, -0.15) is 0 Å². The van der Waals surface area contributed by atoms with E-state index >= 15 is 0 Å². The van der Waals surface area contributed by atoms with Crippen LogP contribution in [0.4, 0.5) is 0 Å². The Morgan fingerprint density at radius 3 is 2.94 bits per heavy atom. The highest BCUT2D eigenvalue weighted by molar-refractivity contribution is 5.96. The average molecular weight is 247 g/mol. The lowest BCUT2D eigenvalue weighted by Gasteiger charge is -2.28. The molecule has 4 heteroatoms. The minimum Gasteiger partial charge on any atom is -0.466 e. The van der Waals surface area contributed by atoms with E-state index in [1.165, 1.54) is 0 Å². The highest BCUT2D eigenvalue weighted by atomic mass is 16.5. The third-order valence-corrected chi connectivity index (χ3v) is 3.08. The molecule has 2 rings (SSSR count). The standard InChI is InChI=1S/C14H17NO3/c1-2-18-13(16)8-10-15-9-7-11-5-3-4-6-12(11)14(15)17/h3-6H,2,7-10H2,1H3. The second-order valence-corrected chi connectivity index (χ2v) is 4.25. The second kappa shape index (κ2) is 5.67. The number of ether oxygens (including phenoxy) is 1. The molecule has 0 unspecified atom stereocenters. The number of carbonyl (C=O) groups is 2. The molecule has 0 N–H and O–H groups in total. The van der Waals surface area contributed by atoms with Gasteiger partial charge in [-0.05, 0) is 25.0 Å². The van der Waals surface area contributed by atoms with Crippen molar-refractivity contribution >= 4 is 11.9 Å². The molecule has 0 radical (unpaired) electrons. The normalized spacial score (nSPS) is 14.3. The zero-order valence-corrected chi connectivity index (χ0v) is 10.5. The first-order valence-corrected chi connectivity index (χ1v) is 6.25. The van der Waals surface area contributed by atoms with Gasteiger partial charge < -0.3 is 9.64 Å². The summed E-state index contributed by atoms with van der Waals surface area (Å²) in [4.78, 5) is 25.2. The van der Waals surface area contributed by atoms with E-state index in [2.05, 4.69) is 0 Å². The smallest absolute Gasteiger partial charge is 0.307 e. The summed E-state index contributed by atoms with van der Waals surface area (Å²) in [5, 5.41) is 0. The Labute approximate surface area is 107 Å². The number of fused-ring (bicyclic) bond motifs is 1. The van der Waals surface area contributed by atoms with E-state index in [-0.39, 0.29) is 18.3 Å². The maximum absolute atomic E-state index is 12.2. The molecule has 1 amide bonds. The molecule has 0 bridgehead atoms. The Morgan fingerprint density at radius 2 is 2.17 bits per heavy atom. The minimum atomic E-state index is -0.246. The molecular weight excluding hydrogens is 230 g/mol. The summed E-state index contributed by atoms with van der Waals surface area (Å²) < 4.78 is 4.86. The van der Waals surface area contributed by atoms with E-state index < -0.39 is 0 Å². The summed E-state index contributed by atoms with van der Waals surface area (Å²) in [6.45, 7) is 3.27. The van der Waals surface area contributed by atoms with Crippen molar-refractivity contribution in [3.63, 3.8) is 0 Å². The van der Waals surface area contributed by atoms with E-state index in [1.807, 2.05) is 24.3 Å². The van der Waals surface area contributed by atoms with Crippen LogP contribution in [0.3, 0.4) is 0 Å². The SMILES string of the molecule is CCOC(=O)CCN1CCc2ccccc2C1=O. The lowest BCUT2D eigenvalue weighted by molar-refractivity contribution is -0.143. The predicted molar refractivity (Wildman–Crippen MR) is 67.3 cm³/mol. The van der Waals surface area contributed by atoms with E-state index in [9.17, 15) is 9.59 Å². The van der Waals surface area contributed by atoms with Crippen molar-refractivity contribution in [1.82, 2.24) is 4.90 Å². The number of hydrogen-bond donors (Lipinski definition) is 0. The Bertz CT molecular complexity index is 456. The topological polar surface area (TPSA) is 46.6 Å². The Hall–Kier alpha value is -1.84. The molecule has 96 valence electrons. The fraction of sp³-hybridized carbons (Fsp3) is 0.429. The van der Waals surface area contributed by atoms with Crippen molar-refractivity contribution in [3.05, 3.63) is 35.4 Å². The average Bonchev–Trinajstić information content (AvgIpc) is 2.39. The largest absolute Gasteiger partial charge is 0.466 e. The molecule has 1 aliphatic heterocycles. The lowest BCUT2D eigenvalue weighted by Crippen LogP contribution is -2.38. The zero-order chi connectivity index (χ0) is 13.0. The molecule has 0 aromatic heterocycles. The molecular formula is C14H17NO3. The summed E-state index contributed by atoms with van der Waals surface area (Å²) in [6.07, 6.45) is 1.12. The molecule has 18 heavy (non-hydrogen) atoms. The van der Waals surface area contributed by atoms with Gasteiger partial charge in [0.2, 0.25) is 0 Å². The minimum absolute atomic E-state index is 0.0150. The lowest BCUT2D eigenvalue weighted by atomic mass is 9.99. The molecule has 4 nitrogen and oxygen atoms in total. The van der Waals surface area contributed by atoms with Gasteiger partial charge in [-0.3, -0.25) is 9.59 Å². The molecule has 1 aromatic rings. The number of benzene rings is 1. The van der Waals surface area contributed by atoms with Crippen LogP contribution in [0, 0.1) is 0 Å². The van der Waals surface area contributed by atoms with Crippen LogP contribution in [0.15, 0.2) is 24.3 Å². The van der Waals surface area contributed by atoms with Crippen molar-refractivity contribution in [2.75, 3.05) is 19.7 Å².